The number of thioether (sulfide) groups is 1. The third-order valence-corrected chi connectivity index (χ3v) is 9.14. The quantitative estimate of drug-likeness (QED) is 0.0880. The predicted molar refractivity (Wildman–Crippen MR) is 157 cm³/mol. The molecule has 10 nitrogen and oxygen atoms in total. The first-order valence-electron chi connectivity index (χ1n) is 13.9. The highest BCUT2D eigenvalue weighted by Crippen LogP contribution is 2.43. The van der Waals surface area contributed by atoms with Gasteiger partial charge in [-0.15, -0.1) is 0 Å². The molecule has 4 heterocycles. The third-order valence-electron chi connectivity index (χ3n) is 6.88. The molecule has 0 bridgehead atoms. The number of hydrogen-bond donors (Lipinski definition) is 0. The van der Waals surface area contributed by atoms with Gasteiger partial charge in [0.25, 0.3) is 0 Å². The van der Waals surface area contributed by atoms with Gasteiger partial charge in [0, 0.05) is 51.9 Å². The van der Waals surface area contributed by atoms with E-state index in [9.17, 15) is 0 Å². The second-order valence-corrected chi connectivity index (χ2v) is 18.0. The van der Waals surface area contributed by atoms with E-state index in [2.05, 4.69) is 37.7 Å². The third kappa shape index (κ3) is 7.03. The molecule has 2 aliphatic rings. The average molecular weight is 572 g/mol. The van der Waals surface area contributed by atoms with Crippen LogP contribution in [0.3, 0.4) is 0 Å². The van der Waals surface area contributed by atoms with Crippen molar-refractivity contribution in [3.63, 3.8) is 0 Å². The number of aromatic nitrogens is 6. The minimum absolute atomic E-state index is 0.0533. The maximum Gasteiger partial charge on any atom is 0.190 e. The standard InChI is InChI=1S/C27H41N7O3SSi/c1-19-15-22(31-34(19)23-9-7-8-12-36-23)33(18-35-13-14-39(4,5)6)26-25(37-21-10-11-21)24(29-27(30-26)38-3)20-16-28-32(2)17-20/h15-17,21,23H,7-14,18H2,1-6H3. The molecule has 12 heteroatoms. The summed E-state index contributed by atoms with van der Waals surface area (Å²) >= 11 is 1.50. The summed E-state index contributed by atoms with van der Waals surface area (Å²) in [6.07, 6.45) is 11.1. The lowest BCUT2D eigenvalue weighted by atomic mass is 10.2. The lowest BCUT2D eigenvalue weighted by Gasteiger charge is -2.26. The smallest absolute Gasteiger partial charge is 0.190 e. The Kier molecular flexibility index (Phi) is 8.65. The van der Waals surface area contributed by atoms with Gasteiger partial charge in [0.2, 0.25) is 0 Å². The molecule has 5 rings (SSSR count). The Labute approximate surface area is 236 Å². The first-order chi connectivity index (χ1) is 18.7. The monoisotopic (exact) mass is 571 g/mol. The van der Waals surface area contributed by atoms with E-state index in [0.29, 0.717) is 30.1 Å². The van der Waals surface area contributed by atoms with Crippen molar-refractivity contribution >= 4 is 31.5 Å². The van der Waals surface area contributed by atoms with E-state index >= 15 is 0 Å². The molecule has 212 valence electrons. The normalized spacial score (nSPS) is 17.9. The van der Waals surface area contributed by atoms with Gasteiger partial charge in [-0.1, -0.05) is 31.4 Å². The van der Waals surface area contributed by atoms with Crippen LogP contribution in [0.4, 0.5) is 11.6 Å². The Morgan fingerprint density at radius 3 is 2.64 bits per heavy atom. The maximum atomic E-state index is 6.55. The van der Waals surface area contributed by atoms with Crippen LogP contribution in [0, 0.1) is 6.92 Å². The van der Waals surface area contributed by atoms with Gasteiger partial charge in [0.15, 0.2) is 28.8 Å². The molecule has 0 aromatic carbocycles. The van der Waals surface area contributed by atoms with Gasteiger partial charge in [0.05, 0.1) is 12.3 Å². The van der Waals surface area contributed by atoms with E-state index in [1.807, 2.05) is 35.3 Å². The fraction of sp³-hybridized carbons (Fsp3) is 0.630. The van der Waals surface area contributed by atoms with Crippen LogP contribution in [0.2, 0.25) is 25.7 Å². The van der Waals surface area contributed by atoms with Gasteiger partial charge >= 0.3 is 0 Å². The zero-order chi connectivity index (χ0) is 27.6. The van der Waals surface area contributed by atoms with Gasteiger partial charge in [-0.2, -0.15) is 10.2 Å². The number of rotatable bonds is 12. The summed E-state index contributed by atoms with van der Waals surface area (Å²) in [6.45, 7) is 10.9. The number of ether oxygens (including phenoxy) is 3. The van der Waals surface area contributed by atoms with Crippen LogP contribution in [-0.4, -0.2) is 69.9 Å². The lowest BCUT2D eigenvalue weighted by molar-refractivity contribution is -0.0405. The van der Waals surface area contributed by atoms with Crippen LogP contribution in [0.15, 0.2) is 23.6 Å². The van der Waals surface area contributed by atoms with Crippen molar-refractivity contribution in [2.45, 2.75) is 82.2 Å². The van der Waals surface area contributed by atoms with Gasteiger partial charge in [-0.3, -0.25) is 9.58 Å². The van der Waals surface area contributed by atoms with Crippen molar-refractivity contribution in [1.29, 1.82) is 0 Å². The number of hydrogen-bond acceptors (Lipinski definition) is 9. The fourth-order valence-electron chi connectivity index (χ4n) is 4.47. The molecule has 39 heavy (non-hydrogen) atoms. The summed E-state index contributed by atoms with van der Waals surface area (Å²) in [4.78, 5) is 11.9. The minimum Gasteiger partial charge on any atom is -0.484 e. The largest absolute Gasteiger partial charge is 0.484 e. The highest BCUT2D eigenvalue weighted by Gasteiger charge is 2.32. The van der Waals surface area contributed by atoms with Crippen LogP contribution < -0.4 is 9.64 Å². The molecular formula is C27H41N7O3SSi. The van der Waals surface area contributed by atoms with Crippen molar-refractivity contribution in [2.24, 2.45) is 7.05 Å². The van der Waals surface area contributed by atoms with Crippen LogP contribution in [0.5, 0.6) is 5.75 Å². The molecule has 2 fully saturated rings. The Bertz CT molecular complexity index is 1260. The molecule has 3 aromatic rings. The summed E-state index contributed by atoms with van der Waals surface area (Å²) in [5, 5.41) is 10.1. The molecule has 1 saturated carbocycles. The summed E-state index contributed by atoms with van der Waals surface area (Å²) < 4.78 is 22.7. The topological polar surface area (TPSA) is 92.3 Å². The summed E-state index contributed by atoms with van der Waals surface area (Å²) in [7, 11) is 0.659. The summed E-state index contributed by atoms with van der Waals surface area (Å²) in [5.74, 6) is 2.08. The van der Waals surface area contributed by atoms with Crippen molar-refractivity contribution < 1.29 is 14.2 Å². The van der Waals surface area contributed by atoms with Gasteiger partial charge in [-0.05, 0) is 51.3 Å². The SMILES string of the molecule is CSc1nc(-c2cnn(C)c2)c(OC2CC2)c(N(COCC[Si](C)(C)C)c2cc(C)n(C3CCCCO3)n2)n1. The van der Waals surface area contributed by atoms with Gasteiger partial charge in [-0.25, -0.2) is 14.6 Å². The van der Waals surface area contributed by atoms with E-state index in [1.165, 1.54) is 11.8 Å². The summed E-state index contributed by atoms with van der Waals surface area (Å²) in [5.41, 5.74) is 2.67. The van der Waals surface area contributed by atoms with E-state index < -0.39 is 8.07 Å². The molecule has 1 aliphatic heterocycles. The minimum atomic E-state index is -1.25. The molecule has 0 spiro atoms. The second-order valence-electron chi connectivity index (χ2n) is 11.6. The molecule has 3 aromatic heterocycles. The molecule has 0 N–H and O–H groups in total. The molecule has 1 atom stereocenters. The van der Waals surface area contributed by atoms with Gasteiger partial charge < -0.3 is 14.2 Å². The van der Waals surface area contributed by atoms with Crippen LogP contribution in [0.25, 0.3) is 11.3 Å². The van der Waals surface area contributed by atoms with Crippen molar-refractivity contribution in [2.75, 3.05) is 31.1 Å². The van der Waals surface area contributed by atoms with Crippen molar-refractivity contribution in [3.8, 4) is 17.0 Å². The van der Waals surface area contributed by atoms with E-state index in [-0.39, 0.29) is 12.3 Å². The Balaban J connectivity index is 1.58. The van der Waals surface area contributed by atoms with E-state index in [4.69, 9.17) is 29.3 Å². The van der Waals surface area contributed by atoms with E-state index in [1.54, 1.807) is 4.68 Å². The zero-order valence-electron chi connectivity index (χ0n) is 24.0. The average Bonchev–Trinajstić information content (AvgIpc) is 3.49. The van der Waals surface area contributed by atoms with Crippen LogP contribution in [-0.2, 0) is 16.5 Å². The highest BCUT2D eigenvalue weighted by molar-refractivity contribution is 7.98. The molecule has 1 saturated heterocycles. The lowest BCUT2D eigenvalue weighted by Crippen LogP contribution is -2.27. The Morgan fingerprint density at radius 2 is 2.00 bits per heavy atom. The Morgan fingerprint density at radius 1 is 1.18 bits per heavy atom. The first-order valence-corrected chi connectivity index (χ1v) is 18.8. The molecule has 1 aliphatic carbocycles. The zero-order valence-corrected chi connectivity index (χ0v) is 25.8. The molecule has 0 amide bonds. The van der Waals surface area contributed by atoms with Crippen molar-refractivity contribution in [3.05, 3.63) is 24.2 Å². The molecule has 0 radical (unpaired) electrons. The first kappa shape index (κ1) is 28.1. The number of aryl methyl sites for hydroxylation is 2. The number of nitrogens with zero attached hydrogens (tertiary/aromatic N) is 7. The molecule has 1 unspecified atom stereocenters. The second kappa shape index (κ2) is 12.0. The van der Waals surface area contributed by atoms with E-state index in [0.717, 1.165) is 67.5 Å². The predicted octanol–water partition coefficient (Wildman–Crippen LogP) is 5.79. The highest BCUT2D eigenvalue weighted by atomic mass is 32.2. The van der Waals surface area contributed by atoms with Crippen LogP contribution >= 0.6 is 11.8 Å². The fourth-order valence-corrected chi connectivity index (χ4v) is 5.59. The number of anilines is 2. The van der Waals surface area contributed by atoms with Crippen LogP contribution in [0.1, 0.15) is 44.0 Å². The van der Waals surface area contributed by atoms with Crippen molar-refractivity contribution in [1.82, 2.24) is 29.5 Å². The van der Waals surface area contributed by atoms with Gasteiger partial charge in [0.1, 0.15) is 12.4 Å². The Hall–Kier alpha value is -2.41. The maximum absolute atomic E-state index is 6.55. The molecular weight excluding hydrogens is 530 g/mol. The summed E-state index contributed by atoms with van der Waals surface area (Å²) in [6, 6.07) is 3.17.